The molecular formula is C16H15ClN2. The van der Waals surface area contributed by atoms with Crippen LogP contribution >= 0.6 is 11.6 Å². The fourth-order valence-corrected chi connectivity index (χ4v) is 2.58. The van der Waals surface area contributed by atoms with E-state index in [4.69, 9.17) is 11.6 Å². The van der Waals surface area contributed by atoms with Crippen molar-refractivity contribution in [1.82, 2.24) is 10.2 Å². The number of aromatic amines is 1. The predicted octanol–water partition coefficient (Wildman–Crippen LogP) is 5.01. The lowest BCUT2D eigenvalue weighted by molar-refractivity contribution is 0.868. The molecule has 96 valence electrons. The molecule has 2 nitrogen and oxygen atoms in total. The summed E-state index contributed by atoms with van der Waals surface area (Å²) in [5, 5.41) is 9.38. The second-order valence-electron chi connectivity index (χ2n) is 5.00. The molecule has 0 aliphatic heterocycles. The van der Waals surface area contributed by atoms with Crippen molar-refractivity contribution >= 4 is 22.5 Å². The van der Waals surface area contributed by atoms with Crippen molar-refractivity contribution < 1.29 is 0 Å². The first-order valence-electron chi connectivity index (χ1n) is 6.39. The number of nitrogens with one attached hydrogen (secondary N) is 1. The molecule has 0 bridgehead atoms. The maximum atomic E-state index is 6.16. The third kappa shape index (κ3) is 2.13. The van der Waals surface area contributed by atoms with Crippen molar-refractivity contribution in [1.29, 1.82) is 0 Å². The Morgan fingerprint density at radius 3 is 2.68 bits per heavy atom. The van der Waals surface area contributed by atoms with Gasteiger partial charge in [-0.15, -0.1) is 0 Å². The van der Waals surface area contributed by atoms with Gasteiger partial charge in [0.15, 0.2) is 0 Å². The van der Waals surface area contributed by atoms with E-state index in [1.54, 1.807) is 0 Å². The molecule has 19 heavy (non-hydrogen) atoms. The molecule has 0 radical (unpaired) electrons. The van der Waals surface area contributed by atoms with Crippen molar-refractivity contribution in [3.05, 3.63) is 53.1 Å². The minimum Gasteiger partial charge on any atom is -0.277 e. The minimum absolute atomic E-state index is 0.439. The van der Waals surface area contributed by atoms with Crippen LogP contribution in [-0.4, -0.2) is 10.2 Å². The Morgan fingerprint density at radius 2 is 1.89 bits per heavy atom. The summed E-state index contributed by atoms with van der Waals surface area (Å²) in [5.74, 6) is 0.439. The van der Waals surface area contributed by atoms with Crippen LogP contribution in [-0.2, 0) is 0 Å². The lowest BCUT2D eigenvalue weighted by atomic mass is 9.94. The van der Waals surface area contributed by atoms with Crippen LogP contribution in [0.15, 0.2) is 42.5 Å². The van der Waals surface area contributed by atoms with Crippen molar-refractivity contribution in [3.8, 4) is 11.3 Å². The van der Waals surface area contributed by atoms with Crippen LogP contribution in [0.25, 0.3) is 22.2 Å². The number of benzene rings is 2. The maximum Gasteiger partial charge on any atom is 0.0927 e. The number of halogens is 1. The third-order valence-electron chi connectivity index (χ3n) is 3.37. The number of aromatic nitrogens is 2. The molecule has 1 heterocycles. The summed E-state index contributed by atoms with van der Waals surface area (Å²) in [6, 6.07) is 14.2. The maximum absolute atomic E-state index is 6.16. The van der Waals surface area contributed by atoms with Gasteiger partial charge in [0.05, 0.1) is 11.2 Å². The summed E-state index contributed by atoms with van der Waals surface area (Å²) in [6.45, 7) is 4.37. The standard InChI is InChI=1S/C16H15ClN2/c1-10(2)12-8-7-11(17)9-14(12)16-13-5-3-4-6-15(13)18-19-16/h3-10H,1-2H3,(H,18,19). The second kappa shape index (κ2) is 4.71. The van der Waals surface area contributed by atoms with Crippen LogP contribution in [0.3, 0.4) is 0 Å². The normalized spacial score (nSPS) is 11.4. The Labute approximate surface area is 117 Å². The lowest BCUT2D eigenvalue weighted by Gasteiger charge is -2.12. The fourth-order valence-electron chi connectivity index (χ4n) is 2.41. The van der Waals surface area contributed by atoms with Gasteiger partial charge in [0, 0.05) is 16.0 Å². The first-order chi connectivity index (χ1) is 9.16. The molecule has 3 aromatic rings. The van der Waals surface area contributed by atoms with E-state index in [-0.39, 0.29) is 0 Å². The molecule has 0 saturated heterocycles. The minimum atomic E-state index is 0.439. The number of rotatable bonds is 2. The van der Waals surface area contributed by atoms with Gasteiger partial charge in [-0.3, -0.25) is 5.10 Å². The van der Waals surface area contributed by atoms with Crippen molar-refractivity contribution in [2.24, 2.45) is 0 Å². The van der Waals surface area contributed by atoms with Crippen molar-refractivity contribution in [2.75, 3.05) is 0 Å². The van der Waals surface area contributed by atoms with E-state index < -0.39 is 0 Å². The topological polar surface area (TPSA) is 28.7 Å². The molecule has 0 atom stereocenters. The van der Waals surface area contributed by atoms with Crippen LogP contribution in [0.2, 0.25) is 5.02 Å². The Balaban J connectivity index is 2.29. The van der Waals surface area contributed by atoms with E-state index in [0.717, 1.165) is 27.2 Å². The Morgan fingerprint density at radius 1 is 1.11 bits per heavy atom. The molecule has 3 heteroatoms. The first-order valence-corrected chi connectivity index (χ1v) is 6.77. The highest BCUT2D eigenvalue weighted by Gasteiger charge is 2.13. The van der Waals surface area contributed by atoms with E-state index in [0.29, 0.717) is 5.92 Å². The largest absolute Gasteiger partial charge is 0.277 e. The van der Waals surface area contributed by atoms with Crippen molar-refractivity contribution in [3.63, 3.8) is 0 Å². The van der Waals surface area contributed by atoms with Gasteiger partial charge in [-0.1, -0.05) is 49.7 Å². The first kappa shape index (κ1) is 12.2. The molecule has 1 aromatic heterocycles. The second-order valence-corrected chi connectivity index (χ2v) is 5.44. The van der Waals surface area contributed by atoms with E-state index in [9.17, 15) is 0 Å². The highest BCUT2D eigenvalue weighted by molar-refractivity contribution is 6.31. The smallest absolute Gasteiger partial charge is 0.0927 e. The molecule has 0 aliphatic rings. The van der Waals surface area contributed by atoms with E-state index in [1.807, 2.05) is 30.3 Å². The summed E-state index contributed by atoms with van der Waals surface area (Å²) in [4.78, 5) is 0. The van der Waals surface area contributed by atoms with Gasteiger partial charge >= 0.3 is 0 Å². The third-order valence-corrected chi connectivity index (χ3v) is 3.60. The van der Waals surface area contributed by atoms with Crippen molar-refractivity contribution in [2.45, 2.75) is 19.8 Å². The summed E-state index contributed by atoms with van der Waals surface area (Å²) < 4.78 is 0. The summed E-state index contributed by atoms with van der Waals surface area (Å²) >= 11 is 6.16. The van der Waals surface area contributed by atoms with Gasteiger partial charge in [0.2, 0.25) is 0 Å². The molecule has 0 amide bonds. The van der Waals surface area contributed by atoms with Gasteiger partial charge in [0.1, 0.15) is 0 Å². The zero-order valence-corrected chi connectivity index (χ0v) is 11.7. The Bertz CT molecular complexity index is 728. The van der Waals surface area contributed by atoms with Crippen LogP contribution in [0.4, 0.5) is 0 Å². The van der Waals surface area contributed by atoms with Crippen LogP contribution in [0, 0.1) is 0 Å². The highest BCUT2D eigenvalue weighted by atomic mass is 35.5. The van der Waals surface area contributed by atoms with Gasteiger partial charge in [-0.05, 0) is 29.7 Å². The number of nitrogens with zero attached hydrogens (tertiary/aromatic N) is 1. The number of H-pyrrole nitrogens is 1. The van der Waals surface area contributed by atoms with E-state index >= 15 is 0 Å². The van der Waals surface area contributed by atoms with Gasteiger partial charge in [0.25, 0.3) is 0 Å². The molecular weight excluding hydrogens is 256 g/mol. The van der Waals surface area contributed by atoms with E-state index in [2.05, 4.69) is 36.2 Å². The number of para-hydroxylation sites is 1. The average molecular weight is 271 g/mol. The average Bonchev–Trinajstić information content (AvgIpc) is 2.82. The van der Waals surface area contributed by atoms with Gasteiger partial charge < -0.3 is 0 Å². The van der Waals surface area contributed by atoms with Crippen LogP contribution < -0.4 is 0 Å². The lowest BCUT2D eigenvalue weighted by Crippen LogP contribution is -1.93. The number of fused-ring (bicyclic) bond motifs is 1. The monoisotopic (exact) mass is 270 g/mol. The van der Waals surface area contributed by atoms with Crippen LogP contribution in [0.1, 0.15) is 25.3 Å². The van der Waals surface area contributed by atoms with Gasteiger partial charge in [-0.25, -0.2) is 0 Å². The molecule has 1 N–H and O–H groups in total. The number of hydrogen-bond acceptors (Lipinski definition) is 1. The Hall–Kier alpha value is -1.80. The molecule has 0 aliphatic carbocycles. The highest BCUT2D eigenvalue weighted by Crippen LogP contribution is 2.34. The van der Waals surface area contributed by atoms with Crippen LogP contribution in [0.5, 0.6) is 0 Å². The van der Waals surface area contributed by atoms with E-state index in [1.165, 1.54) is 5.56 Å². The SMILES string of the molecule is CC(C)c1ccc(Cl)cc1-c1[nH]nc2ccccc12. The van der Waals surface area contributed by atoms with Gasteiger partial charge in [-0.2, -0.15) is 5.10 Å². The molecule has 2 aromatic carbocycles. The molecule has 0 saturated carbocycles. The molecule has 3 rings (SSSR count). The predicted molar refractivity (Wildman–Crippen MR) is 80.6 cm³/mol. The quantitative estimate of drug-likeness (QED) is 0.697. The molecule has 0 fully saturated rings. The summed E-state index contributed by atoms with van der Waals surface area (Å²) in [6.07, 6.45) is 0. The fraction of sp³-hybridized carbons (Fsp3) is 0.188. The summed E-state index contributed by atoms with van der Waals surface area (Å²) in [7, 11) is 0. The zero-order chi connectivity index (χ0) is 13.4. The zero-order valence-electron chi connectivity index (χ0n) is 10.9. The Kier molecular flexibility index (Phi) is 3.03. The molecule has 0 unspecified atom stereocenters. The summed E-state index contributed by atoms with van der Waals surface area (Å²) in [5.41, 5.74) is 4.43. The molecule has 0 spiro atoms. The number of hydrogen-bond donors (Lipinski definition) is 1.